The van der Waals surface area contributed by atoms with Crippen LogP contribution in [0.5, 0.6) is 0 Å². The van der Waals surface area contributed by atoms with Crippen molar-refractivity contribution in [1.82, 2.24) is 9.80 Å². The van der Waals surface area contributed by atoms with Crippen LogP contribution in [0.25, 0.3) is 0 Å². The van der Waals surface area contributed by atoms with E-state index in [1.165, 1.54) is 0 Å². The van der Waals surface area contributed by atoms with Gasteiger partial charge in [-0.2, -0.15) is 13.2 Å². The lowest BCUT2D eigenvalue weighted by Crippen LogP contribution is -2.39. The highest BCUT2D eigenvalue weighted by Gasteiger charge is 2.44. The summed E-state index contributed by atoms with van der Waals surface area (Å²) in [4.78, 5) is 27.0. The quantitative estimate of drug-likeness (QED) is 0.806. The van der Waals surface area contributed by atoms with Crippen LogP contribution in [0.4, 0.5) is 13.2 Å². The summed E-state index contributed by atoms with van der Waals surface area (Å²) in [5.74, 6) is -2.52. The highest BCUT2D eigenvalue weighted by Crippen LogP contribution is 2.33. The molecule has 1 aromatic heterocycles. The average molecular weight is 390 g/mol. The molecule has 3 rings (SSSR count). The first kappa shape index (κ1) is 20.4. The monoisotopic (exact) mass is 390 g/mol. The Morgan fingerprint density at radius 2 is 1.96 bits per heavy atom. The van der Waals surface area contributed by atoms with Gasteiger partial charge in [0.2, 0.25) is 0 Å². The summed E-state index contributed by atoms with van der Waals surface area (Å²) < 4.78 is 31.7. The predicted octanol–water partition coefficient (Wildman–Crippen LogP) is 3.16. The zero-order valence-electron chi connectivity index (χ0n) is 14.3. The Balaban J connectivity index is 0.000000298. The van der Waals surface area contributed by atoms with Crippen LogP contribution in [-0.2, 0) is 4.79 Å². The zero-order valence-corrected chi connectivity index (χ0v) is 15.1. The van der Waals surface area contributed by atoms with Gasteiger partial charge in [0.15, 0.2) is 0 Å². The number of alkyl halides is 3. The molecular weight excluding hydrogens is 369 g/mol. The maximum Gasteiger partial charge on any atom is 0.490 e. The van der Waals surface area contributed by atoms with Crippen LogP contribution in [0.1, 0.15) is 28.1 Å². The summed E-state index contributed by atoms with van der Waals surface area (Å²) in [5.41, 5.74) is 1.11. The van der Waals surface area contributed by atoms with Crippen molar-refractivity contribution in [3.63, 3.8) is 0 Å². The smallest absolute Gasteiger partial charge is 0.475 e. The number of hydrogen-bond donors (Lipinski definition) is 1. The third-order valence-electron chi connectivity index (χ3n) is 4.61. The fourth-order valence-electron chi connectivity index (χ4n) is 3.44. The molecule has 144 valence electrons. The lowest BCUT2D eigenvalue weighted by atomic mass is 10.1. The summed E-state index contributed by atoms with van der Waals surface area (Å²) >= 11 is 1.57. The summed E-state index contributed by atoms with van der Waals surface area (Å²) in [5, 5.41) is 9.13. The topological polar surface area (TPSA) is 60.9 Å². The maximum absolute atomic E-state index is 12.6. The number of rotatable bonds is 3. The minimum Gasteiger partial charge on any atom is -0.475 e. The number of carboxylic acids is 1. The second kappa shape index (κ2) is 8.22. The van der Waals surface area contributed by atoms with Gasteiger partial charge in [-0.05, 0) is 36.8 Å². The van der Waals surface area contributed by atoms with Crippen LogP contribution >= 0.6 is 11.3 Å². The summed E-state index contributed by atoms with van der Waals surface area (Å²) in [6.07, 6.45) is -0.903. The minimum absolute atomic E-state index is 0.237. The molecule has 0 saturated carbocycles. The molecule has 5 nitrogen and oxygen atoms in total. The molecule has 0 bridgehead atoms. The van der Waals surface area contributed by atoms with Crippen molar-refractivity contribution in [2.75, 3.05) is 19.6 Å². The first-order valence-electron chi connectivity index (χ1n) is 8.17. The van der Waals surface area contributed by atoms with E-state index < -0.39 is 12.1 Å². The van der Waals surface area contributed by atoms with E-state index in [2.05, 4.69) is 16.4 Å². The molecule has 26 heavy (non-hydrogen) atoms. The molecule has 1 amide bonds. The van der Waals surface area contributed by atoms with Crippen molar-refractivity contribution >= 4 is 23.2 Å². The number of carbonyl (C=O) groups excluding carboxylic acids is 1. The summed E-state index contributed by atoms with van der Waals surface area (Å²) in [7, 11) is 0. The molecule has 3 heterocycles. The van der Waals surface area contributed by atoms with E-state index in [0.717, 1.165) is 42.9 Å². The van der Waals surface area contributed by atoms with E-state index in [4.69, 9.17) is 9.90 Å². The number of aryl methyl sites for hydroxylation is 1. The number of fused-ring (bicyclic) bond motifs is 1. The minimum atomic E-state index is -5.08. The molecule has 1 aromatic rings. The molecule has 2 aliphatic rings. The Bertz CT molecular complexity index is 674. The molecule has 2 aliphatic heterocycles. The van der Waals surface area contributed by atoms with Gasteiger partial charge >= 0.3 is 12.1 Å². The van der Waals surface area contributed by atoms with Gasteiger partial charge in [0.25, 0.3) is 5.91 Å². The van der Waals surface area contributed by atoms with Crippen molar-refractivity contribution in [2.24, 2.45) is 0 Å². The third kappa shape index (κ3) is 4.45. The first-order chi connectivity index (χ1) is 12.2. The van der Waals surface area contributed by atoms with Crippen LogP contribution in [0.3, 0.4) is 0 Å². The van der Waals surface area contributed by atoms with E-state index in [-0.39, 0.29) is 5.91 Å². The molecule has 1 N–H and O–H groups in total. The highest BCUT2D eigenvalue weighted by molar-refractivity contribution is 7.12. The molecule has 0 unspecified atom stereocenters. The fourth-order valence-corrected chi connectivity index (χ4v) is 4.32. The number of thiophene rings is 1. The van der Waals surface area contributed by atoms with Crippen molar-refractivity contribution in [1.29, 1.82) is 0 Å². The second-order valence-electron chi connectivity index (χ2n) is 6.23. The molecule has 0 radical (unpaired) electrons. The van der Waals surface area contributed by atoms with Gasteiger partial charge in [0.1, 0.15) is 0 Å². The molecule has 9 heteroatoms. The molecular formula is C17H21F3N2O3S. The molecule has 0 aliphatic carbocycles. The highest BCUT2D eigenvalue weighted by atomic mass is 32.1. The van der Waals surface area contributed by atoms with Crippen LogP contribution in [0.15, 0.2) is 24.1 Å². The first-order valence-corrected chi connectivity index (χ1v) is 9.05. The van der Waals surface area contributed by atoms with Crippen molar-refractivity contribution in [3.8, 4) is 0 Å². The number of halogens is 3. The predicted molar refractivity (Wildman–Crippen MR) is 92.4 cm³/mol. The van der Waals surface area contributed by atoms with Crippen LogP contribution in [-0.4, -0.2) is 64.7 Å². The van der Waals surface area contributed by atoms with Crippen molar-refractivity contribution in [2.45, 2.75) is 38.0 Å². The maximum atomic E-state index is 12.6. The largest absolute Gasteiger partial charge is 0.490 e. The number of amides is 1. The van der Waals surface area contributed by atoms with Gasteiger partial charge in [-0.1, -0.05) is 6.08 Å². The van der Waals surface area contributed by atoms with Crippen LogP contribution in [0, 0.1) is 6.92 Å². The van der Waals surface area contributed by atoms with Crippen LogP contribution < -0.4 is 0 Å². The van der Waals surface area contributed by atoms with Gasteiger partial charge in [-0.15, -0.1) is 17.9 Å². The van der Waals surface area contributed by atoms with Crippen LogP contribution in [0.2, 0.25) is 0 Å². The van der Waals surface area contributed by atoms with Crippen molar-refractivity contribution in [3.05, 3.63) is 34.5 Å². The Hall–Kier alpha value is -1.87. The van der Waals surface area contributed by atoms with Gasteiger partial charge in [0, 0.05) is 31.7 Å². The molecule has 2 saturated heterocycles. The Morgan fingerprint density at radius 1 is 1.35 bits per heavy atom. The fraction of sp³-hybridized carbons (Fsp3) is 0.529. The second-order valence-corrected chi connectivity index (χ2v) is 7.15. The molecule has 0 spiro atoms. The number of aliphatic carboxylic acids is 1. The number of carboxylic acid groups (broad SMARTS) is 1. The Labute approximate surface area is 153 Å². The van der Waals surface area contributed by atoms with Gasteiger partial charge in [-0.25, -0.2) is 4.79 Å². The lowest BCUT2D eigenvalue weighted by Gasteiger charge is -2.25. The zero-order chi connectivity index (χ0) is 19.5. The number of nitrogens with zero attached hydrogens (tertiary/aromatic N) is 2. The van der Waals surface area contributed by atoms with E-state index in [1.807, 2.05) is 24.4 Å². The number of carbonyl (C=O) groups is 2. The average Bonchev–Trinajstić information content (AvgIpc) is 3.24. The Morgan fingerprint density at radius 3 is 2.46 bits per heavy atom. The Kier molecular flexibility index (Phi) is 6.46. The van der Waals surface area contributed by atoms with E-state index in [9.17, 15) is 18.0 Å². The number of hydrogen-bond acceptors (Lipinski definition) is 4. The third-order valence-corrected chi connectivity index (χ3v) is 5.62. The van der Waals surface area contributed by atoms with E-state index in [0.29, 0.717) is 12.1 Å². The molecule has 2 atom stereocenters. The standard InChI is InChI=1S/C15H20N2OS.C2HF3O2/c1-3-7-16-8-4-13-12(16)5-9-17(13)15(18)14-11(2)6-10-19-14;3-2(4,5)1(6)7/h3,6,10,12-13H,1,4-5,7-9H2,2H3;(H,6,7)/t12-,13+;/m0./s1. The van der Waals surface area contributed by atoms with E-state index >= 15 is 0 Å². The SMILES string of the molecule is C=CCN1CC[C@@H]2[C@@H]1CCN2C(=O)c1sccc1C.O=C(O)C(F)(F)F. The lowest BCUT2D eigenvalue weighted by molar-refractivity contribution is -0.192. The van der Waals surface area contributed by atoms with Gasteiger partial charge in [-0.3, -0.25) is 9.69 Å². The normalized spacial score (nSPS) is 22.5. The molecule has 2 fully saturated rings. The van der Waals surface area contributed by atoms with Crippen molar-refractivity contribution < 1.29 is 27.9 Å². The number of likely N-dealkylation sites (tertiary alicyclic amines) is 2. The van der Waals surface area contributed by atoms with E-state index in [1.54, 1.807) is 11.3 Å². The summed E-state index contributed by atoms with van der Waals surface area (Å²) in [6.45, 7) is 8.79. The molecule has 0 aromatic carbocycles. The summed E-state index contributed by atoms with van der Waals surface area (Å²) in [6, 6.07) is 2.99. The van der Waals surface area contributed by atoms with Gasteiger partial charge in [0.05, 0.1) is 4.88 Å². The van der Waals surface area contributed by atoms with Gasteiger partial charge < -0.3 is 10.0 Å².